The van der Waals surface area contributed by atoms with Crippen LogP contribution in [0.25, 0.3) is 0 Å². The van der Waals surface area contributed by atoms with Crippen LogP contribution in [0.4, 0.5) is 0 Å². The summed E-state index contributed by atoms with van der Waals surface area (Å²) >= 11 is 0. The Balaban J connectivity index is 1.80. The van der Waals surface area contributed by atoms with Crippen LogP contribution in [0.3, 0.4) is 0 Å². The molecule has 2 N–H and O–H groups in total. The molecule has 2 fully saturated rings. The molecular formula is C22H30O6. The number of aliphatic hydroxyl groups excluding tert-OH is 2. The van der Waals surface area contributed by atoms with E-state index in [-0.39, 0.29) is 36.2 Å². The second-order valence-corrected chi connectivity index (χ2v) is 9.61. The Hall–Kier alpha value is -1.66. The predicted octanol–water partition coefficient (Wildman–Crippen LogP) is 2.39. The molecule has 1 heterocycles. The monoisotopic (exact) mass is 390 g/mol. The van der Waals surface area contributed by atoms with E-state index in [1.807, 2.05) is 6.92 Å². The van der Waals surface area contributed by atoms with Gasteiger partial charge in [0.25, 0.3) is 0 Å². The van der Waals surface area contributed by atoms with Crippen LogP contribution in [0.1, 0.15) is 57.6 Å². The fourth-order valence-electron chi connectivity index (χ4n) is 7.14. The van der Waals surface area contributed by atoms with E-state index in [1.54, 1.807) is 12.5 Å². The largest absolute Gasteiger partial charge is 0.472 e. The molecule has 3 aliphatic carbocycles. The number of ether oxygens (including phenoxy) is 1. The molecule has 154 valence electrons. The molecule has 2 saturated carbocycles. The van der Waals surface area contributed by atoms with Gasteiger partial charge in [-0.2, -0.15) is 0 Å². The normalized spacial score (nSPS) is 42.3. The highest BCUT2D eigenvalue weighted by Crippen LogP contribution is 2.66. The van der Waals surface area contributed by atoms with Gasteiger partial charge < -0.3 is 19.4 Å². The molecule has 0 aliphatic heterocycles. The van der Waals surface area contributed by atoms with Crippen molar-refractivity contribution >= 4 is 11.8 Å². The molecule has 28 heavy (non-hydrogen) atoms. The molecular weight excluding hydrogens is 360 g/mol. The van der Waals surface area contributed by atoms with Gasteiger partial charge in [-0.25, -0.2) is 0 Å². The van der Waals surface area contributed by atoms with E-state index >= 15 is 0 Å². The first-order chi connectivity index (χ1) is 13.2. The molecule has 0 aromatic carbocycles. The molecule has 0 bridgehead atoms. The van der Waals surface area contributed by atoms with Gasteiger partial charge in [-0.05, 0) is 48.5 Å². The van der Waals surface area contributed by atoms with Crippen LogP contribution in [0.15, 0.2) is 16.9 Å². The summed E-state index contributed by atoms with van der Waals surface area (Å²) in [6.07, 6.45) is 6.16. The fourth-order valence-corrected chi connectivity index (χ4v) is 7.14. The molecule has 6 heteroatoms. The van der Waals surface area contributed by atoms with Gasteiger partial charge in [0.2, 0.25) is 0 Å². The van der Waals surface area contributed by atoms with Crippen LogP contribution in [0, 0.1) is 22.7 Å². The van der Waals surface area contributed by atoms with Crippen molar-refractivity contribution in [3.05, 3.63) is 23.7 Å². The van der Waals surface area contributed by atoms with E-state index in [9.17, 15) is 19.8 Å². The summed E-state index contributed by atoms with van der Waals surface area (Å²) < 4.78 is 10.9. The number of carbonyl (C=O) groups excluding carboxylic acids is 2. The van der Waals surface area contributed by atoms with E-state index in [4.69, 9.17) is 9.15 Å². The number of ketones is 1. The zero-order chi connectivity index (χ0) is 20.3. The highest BCUT2D eigenvalue weighted by atomic mass is 16.5. The molecule has 0 amide bonds. The first kappa shape index (κ1) is 19.6. The van der Waals surface area contributed by atoms with E-state index in [2.05, 4.69) is 6.92 Å². The number of fused-ring (bicyclic) bond motifs is 5. The number of hydrogen-bond donors (Lipinski definition) is 2. The second-order valence-electron chi connectivity index (χ2n) is 9.61. The number of esters is 1. The zero-order valence-electron chi connectivity index (χ0n) is 16.9. The van der Waals surface area contributed by atoms with E-state index in [0.29, 0.717) is 6.42 Å². The maximum absolute atomic E-state index is 13.2. The van der Waals surface area contributed by atoms with Gasteiger partial charge in [0.1, 0.15) is 0 Å². The molecule has 0 spiro atoms. The van der Waals surface area contributed by atoms with Crippen LogP contribution in [-0.4, -0.2) is 41.3 Å². The third kappa shape index (κ3) is 2.40. The maximum atomic E-state index is 13.2. The summed E-state index contributed by atoms with van der Waals surface area (Å²) in [6.45, 7) is 5.11. The number of aryl methyl sites for hydroxylation is 1. The molecule has 1 aromatic rings. The lowest BCUT2D eigenvalue weighted by atomic mass is 9.40. The average Bonchev–Trinajstić information content (AvgIpc) is 3.14. The minimum absolute atomic E-state index is 0.0178. The molecule has 0 radical (unpaired) electrons. The zero-order valence-corrected chi connectivity index (χ0v) is 16.9. The summed E-state index contributed by atoms with van der Waals surface area (Å²) in [5.41, 5.74) is 0.592. The van der Waals surface area contributed by atoms with Gasteiger partial charge in [-0.15, -0.1) is 0 Å². The van der Waals surface area contributed by atoms with Crippen molar-refractivity contribution in [1.29, 1.82) is 0 Å². The first-order valence-corrected chi connectivity index (χ1v) is 10.2. The van der Waals surface area contributed by atoms with E-state index < -0.39 is 22.9 Å². The van der Waals surface area contributed by atoms with Gasteiger partial charge in [-0.3, -0.25) is 9.59 Å². The third-order valence-corrected chi connectivity index (χ3v) is 8.27. The third-order valence-electron chi connectivity index (χ3n) is 8.27. The van der Waals surface area contributed by atoms with Crippen LogP contribution < -0.4 is 0 Å². The Bertz CT molecular complexity index is 799. The van der Waals surface area contributed by atoms with Crippen molar-refractivity contribution in [2.45, 2.75) is 64.4 Å². The Labute approximate surface area is 165 Å². The lowest BCUT2D eigenvalue weighted by Gasteiger charge is -2.64. The average molecular weight is 390 g/mol. The standard InChI is InChI=1S/C22H30O6/c1-13(25)28-19-16(26)8-20(2)17(21(19,3)11-23)6-7-22(12-24)15-10-27-9-14(15)4-5-18(20)22/h9-10,17-19,23-24H,4-8,11-12H2,1-3H3/t17?,18?,19-,20-,21+,22+/m0/s1. The summed E-state index contributed by atoms with van der Waals surface area (Å²) in [4.78, 5) is 24.8. The van der Waals surface area contributed by atoms with Gasteiger partial charge in [0.05, 0.1) is 25.7 Å². The van der Waals surface area contributed by atoms with Crippen molar-refractivity contribution < 1.29 is 29.0 Å². The van der Waals surface area contributed by atoms with Crippen LogP contribution in [0.5, 0.6) is 0 Å². The van der Waals surface area contributed by atoms with Gasteiger partial charge in [0, 0.05) is 29.7 Å². The second kappa shape index (κ2) is 6.42. The predicted molar refractivity (Wildman–Crippen MR) is 100 cm³/mol. The highest BCUT2D eigenvalue weighted by Gasteiger charge is 2.66. The number of Topliss-reactive ketones (excluding diaryl/α,β-unsaturated/α-hetero) is 1. The SMILES string of the molecule is CC(=O)O[C@H]1C(=O)C[C@]2(C)C3CCc4cocc4[C@]3(CO)CCC2[C@@]1(C)CO. The quantitative estimate of drug-likeness (QED) is 0.769. The maximum Gasteiger partial charge on any atom is 0.303 e. The minimum atomic E-state index is -0.914. The van der Waals surface area contributed by atoms with Crippen molar-refractivity contribution in [3.8, 4) is 0 Å². The summed E-state index contributed by atoms with van der Waals surface area (Å²) in [5, 5.41) is 20.9. The lowest BCUT2D eigenvalue weighted by Crippen LogP contribution is -2.66. The molecule has 1 aromatic heterocycles. The highest BCUT2D eigenvalue weighted by molar-refractivity contribution is 5.88. The first-order valence-electron chi connectivity index (χ1n) is 10.2. The van der Waals surface area contributed by atoms with Crippen LogP contribution in [0.2, 0.25) is 0 Å². The topological polar surface area (TPSA) is 97.0 Å². The molecule has 0 saturated heterocycles. The molecule has 2 unspecified atom stereocenters. The Kier molecular flexibility index (Phi) is 4.51. The summed E-state index contributed by atoms with van der Waals surface area (Å²) in [5.74, 6) is -0.507. The smallest absolute Gasteiger partial charge is 0.303 e. The summed E-state index contributed by atoms with van der Waals surface area (Å²) in [6, 6.07) is 0. The van der Waals surface area contributed by atoms with E-state index in [0.717, 1.165) is 36.8 Å². The molecule has 3 aliphatic rings. The van der Waals surface area contributed by atoms with Crippen molar-refractivity contribution in [2.24, 2.45) is 22.7 Å². The van der Waals surface area contributed by atoms with Crippen molar-refractivity contribution in [3.63, 3.8) is 0 Å². The van der Waals surface area contributed by atoms with Gasteiger partial charge >= 0.3 is 5.97 Å². The number of rotatable bonds is 3. The lowest BCUT2D eigenvalue weighted by molar-refractivity contribution is -0.202. The van der Waals surface area contributed by atoms with Crippen LogP contribution in [-0.2, 0) is 26.2 Å². The van der Waals surface area contributed by atoms with Crippen LogP contribution >= 0.6 is 0 Å². The van der Waals surface area contributed by atoms with Gasteiger partial charge in [0.15, 0.2) is 11.9 Å². The summed E-state index contributed by atoms with van der Waals surface area (Å²) in [7, 11) is 0. The number of aliphatic hydroxyl groups is 2. The van der Waals surface area contributed by atoms with E-state index in [1.165, 1.54) is 6.92 Å². The Morgan fingerprint density at radius 3 is 2.61 bits per heavy atom. The fraction of sp³-hybridized carbons (Fsp3) is 0.727. The molecule has 4 rings (SSSR count). The van der Waals surface area contributed by atoms with Crippen molar-refractivity contribution in [1.82, 2.24) is 0 Å². The Morgan fingerprint density at radius 2 is 1.96 bits per heavy atom. The minimum Gasteiger partial charge on any atom is -0.472 e. The van der Waals surface area contributed by atoms with Gasteiger partial charge in [-0.1, -0.05) is 13.8 Å². The number of furan rings is 1. The molecule has 6 nitrogen and oxygen atoms in total. The van der Waals surface area contributed by atoms with Crippen molar-refractivity contribution in [2.75, 3.05) is 13.2 Å². The number of carbonyl (C=O) groups is 2. The number of hydrogen-bond acceptors (Lipinski definition) is 6. The Morgan fingerprint density at radius 1 is 1.21 bits per heavy atom. The molecule has 6 atom stereocenters.